The molecule has 0 unspecified atom stereocenters. The minimum atomic E-state index is -1.23. The van der Waals surface area contributed by atoms with E-state index in [4.69, 9.17) is 14.2 Å². The lowest BCUT2D eigenvalue weighted by Gasteiger charge is -2.28. The monoisotopic (exact) mass is 468 g/mol. The predicted molar refractivity (Wildman–Crippen MR) is 127 cm³/mol. The lowest BCUT2D eigenvalue weighted by molar-refractivity contribution is -0.141. The molecule has 1 N–H and O–H groups in total. The van der Waals surface area contributed by atoms with Gasteiger partial charge in [0.15, 0.2) is 0 Å². The van der Waals surface area contributed by atoms with Crippen LogP contribution in [0.25, 0.3) is 0 Å². The number of likely N-dealkylation sites (tertiary alicyclic amines) is 1. The molecule has 182 valence electrons. The molecule has 0 spiro atoms. The van der Waals surface area contributed by atoms with Gasteiger partial charge in [0.2, 0.25) is 17.7 Å². The smallest absolute Gasteiger partial charge is 0.240 e. The van der Waals surface area contributed by atoms with Gasteiger partial charge in [-0.15, -0.1) is 0 Å². The molecule has 2 aromatic carbocycles. The van der Waals surface area contributed by atoms with E-state index in [9.17, 15) is 14.4 Å². The Bertz CT molecular complexity index is 1030. The van der Waals surface area contributed by atoms with Crippen LogP contribution in [0.2, 0.25) is 0 Å². The summed E-state index contributed by atoms with van der Waals surface area (Å²) in [6.07, 6.45) is 0.385. The number of carbonyl (C=O) groups is 3. The van der Waals surface area contributed by atoms with Crippen molar-refractivity contribution in [2.45, 2.75) is 38.1 Å². The number of carbonyl (C=O) groups excluding carboxylic acids is 3. The number of nitrogens with zero attached hydrogens (tertiary/aromatic N) is 1. The number of hydrogen-bond donors (Lipinski definition) is 1. The highest BCUT2D eigenvalue weighted by molar-refractivity contribution is 6.10. The van der Waals surface area contributed by atoms with Crippen LogP contribution < -0.4 is 14.8 Å². The number of benzene rings is 2. The molecule has 0 saturated carbocycles. The Labute approximate surface area is 200 Å². The first-order valence-corrected chi connectivity index (χ1v) is 11.2. The third-order valence-corrected chi connectivity index (χ3v) is 6.16. The summed E-state index contributed by atoms with van der Waals surface area (Å²) < 4.78 is 15.6. The number of rotatable bonds is 11. The van der Waals surface area contributed by atoms with E-state index < -0.39 is 5.41 Å². The van der Waals surface area contributed by atoms with Gasteiger partial charge in [-0.25, -0.2) is 0 Å². The summed E-state index contributed by atoms with van der Waals surface area (Å²) in [5, 5.41) is 2.89. The molecule has 34 heavy (non-hydrogen) atoms. The molecule has 0 aliphatic carbocycles. The van der Waals surface area contributed by atoms with Gasteiger partial charge in [0, 0.05) is 45.7 Å². The molecule has 2 aromatic rings. The summed E-state index contributed by atoms with van der Waals surface area (Å²) in [5.74, 6) is 0.312. The van der Waals surface area contributed by atoms with E-state index in [2.05, 4.69) is 5.32 Å². The Morgan fingerprint density at radius 2 is 1.74 bits per heavy atom. The fraction of sp³-hybridized carbons (Fsp3) is 0.423. The maximum atomic E-state index is 13.6. The highest BCUT2D eigenvalue weighted by Crippen LogP contribution is 2.41. The van der Waals surface area contributed by atoms with Crippen LogP contribution in [0.15, 0.2) is 42.5 Å². The number of imide groups is 1. The molecule has 1 atom stereocenters. The Morgan fingerprint density at radius 1 is 1.06 bits per heavy atom. The van der Waals surface area contributed by atoms with Gasteiger partial charge >= 0.3 is 0 Å². The van der Waals surface area contributed by atoms with E-state index in [1.165, 1.54) is 4.90 Å². The Kier molecular flexibility index (Phi) is 8.28. The highest BCUT2D eigenvalue weighted by Gasteiger charge is 2.53. The number of nitrogens with one attached hydrogen (secondary N) is 1. The first-order valence-electron chi connectivity index (χ1n) is 11.2. The van der Waals surface area contributed by atoms with Gasteiger partial charge in [-0.1, -0.05) is 24.3 Å². The molecule has 3 amide bonds. The molecule has 1 aliphatic rings. The van der Waals surface area contributed by atoms with Gasteiger partial charge in [0.05, 0.1) is 19.6 Å². The van der Waals surface area contributed by atoms with Crippen LogP contribution in [-0.2, 0) is 31.1 Å². The highest BCUT2D eigenvalue weighted by atomic mass is 16.5. The lowest BCUT2D eigenvalue weighted by Crippen LogP contribution is -2.43. The van der Waals surface area contributed by atoms with E-state index in [0.717, 1.165) is 11.1 Å². The Balaban J connectivity index is 1.83. The maximum absolute atomic E-state index is 13.6. The second-order valence-corrected chi connectivity index (χ2v) is 8.45. The van der Waals surface area contributed by atoms with Gasteiger partial charge in [0.1, 0.15) is 11.5 Å². The minimum absolute atomic E-state index is 0.0376. The zero-order valence-electron chi connectivity index (χ0n) is 20.2. The van der Waals surface area contributed by atoms with Crippen molar-refractivity contribution >= 4 is 17.7 Å². The van der Waals surface area contributed by atoms with E-state index in [1.807, 2.05) is 43.3 Å². The fourth-order valence-electron chi connectivity index (χ4n) is 4.45. The number of hydrogen-bond acceptors (Lipinski definition) is 6. The zero-order chi connectivity index (χ0) is 24.7. The average molecular weight is 469 g/mol. The average Bonchev–Trinajstić information content (AvgIpc) is 3.07. The van der Waals surface area contributed by atoms with E-state index in [1.54, 1.807) is 27.4 Å². The Morgan fingerprint density at radius 3 is 2.35 bits per heavy atom. The van der Waals surface area contributed by atoms with Crippen molar-refractivity contribution < 1.29 is 28.6 Å². The molecule has 1 saturated heterocycles. The molecule has 1 fully saturated rings. The van der Waals surface area contributed by atoms with Crippen molar-refractivity contribution in [3.8, 4) is 11.5 Å². The number of methoxy groups -OCH3 is 3. The van der Waals surface area contributed by atoms with Crippen molar-refractivity contribution in [3.05, 3.63) is 59.2 Å². The van der Waals surface area contributed by atoms with Gasteiger partial charge in [0.25, 0.3) is 0 Å². The largest absolute Gasteiger partial charge is 0.497 e. The second-order valence-electron chi connectivity index (χ2n) is 8.45. The standard InChI is InChI=1S/C26H32N2O6/c1-18-8-5-6-9-22(18)26(16-24(30)28(25(26)31)10-7-11-32-2)15-23(29)27-17-19-12-20(33-3)14-21(13-19)34-4/h5-6,8-9,12-14H,7,10-11,15-17H2,1-4H3,(H,27,29)/t26-/m1/s1. The van der Waals surface area contributed by atoms with Crippen LogP contribution in [0.1, 0.15) is 36.0 Å². The van der Waals surface area contributed by atoms with Crippen molar-refractivity contribution in [3.63, 3.8) is 0 Å². The van der Waals surface area contributed by atoms with E-state index in [0.29, 0.717) is 30.1 Å². The van der Waals surface area contributed by atoms with Gasteiger partial charge in [-0.05, 0) is 42.2 Å². The van der Waals surface area contributed by atoms with Crippen LogP contribution in [0, 0.1) is 6.92 Å². The van der Waals surface area contributed by atoms with Gasteiger partial charge in [-0.3, -0.25) is 19.3 Å². The second kappa shape index (κ2) is 11.2. The third-order valence-electron chi connectivity index (χ3n) is 6.16. The van der Waals surface area contributed by atoms with Crippen molar-refractivity contribution in [2.24, 2.45) is 0 Å². The van der Waals surface area contributed by atoms with Gasteiger partial charge < -0.3 is 19.5 Å². The molecule has 0 aromatic heterocycles. The van der Waals surface area contributed by atoms with E-state index >= 15 is 0 Å². The molecule has 0 radical (unpaired) electrons. The van der Waals surface area contributed by atoms with Gasteiger partial charge in [-0.2, -0.15) is 0 Å². The molecule has 0 bridgehead atoms. The maximum Gasteiger partial charge on any atom is 0.240 e. The number of aryl methyl sites for hydroxylation is 1. The van der Waals surface area contributed by atoms with Crippen LogP contribution in [0.5, 0.6) is 11.5 Å². The molecule has 1 heterocycles. The summed E-state index contributed by atoms with van der Waals surface area (Å²) in [4.78, 5) is 40.9. The SMILES string of the molecule is COCCCN1C(=O)C[C@](CC(=O)NCc2cc(OC)cc(OC)c2)(c2ccccc2C)C1=O. The lowest BCUT2D eigenvalue weighted by atomic mass is 9.74. The fourth-order valence-corrected chi connectivity index (χ4v) is 4.45. The number of ether oxygens (including phenoxy) is 3. The van der Waals surface area contributed by atoms with Crippen LogP contribution in [-0.4, -0.2) is 57.1 Å². The predicted octanol–water partition coefficient (Wildman–Crippen LogP) is 2.75. The Hall–Kier alpha value is -3.39. The van der Waals surface area contributed by atoms with Crippen molar-refractivity contribution in [2.75, 3.05) is 34.5 Å². The number of amides is 3. The molecular formula is C26H32N2O6. The topological polar surface area (TPSA) is 94.2 Å². The molecule has 3 rings (SSSR count). The third kappa shape index (κ3) is 5.39. The first-order chi connectivity index (χ1) is 16.3. The summed E-state index contributed by atoms with van der Waals surface area (Å²) in [5.41, 5.74) is 1.14. The summed E-state index contributed by atoms with van der Waals surface area (Å²) in [7, 11) is 4.70. The summed E-state index contributed by atoms with van der Waals surface area (Å²) in [6, 6.07) is 12.8. The molecular weight excluding hydrogens is 436 g/mol. The summed E-state index contributed by atoms with van der Waals surface area (Å²) >= 11 is 0. The minimum Gasteiger partial charge on any atom is -0.497 e. The van der Waals surface area contributed by atoms with Crippen molar-refractivity contribution in [1.82, 2.24) is 10.2 Å². The van der Waals surface area contributed by atoms with Crippen LogP contribution >= 0.6 is 0 Å². The molecule has 1 aliphatic heterocycles. The van der Waals surface area contributed by atoms with Crippen LogP contribution in [0.3, 0.4) is 0 Å². The van der Waals surface area contributed by atoms with E-state index in [-0.39, 0.29) is 43.7 Å². The first kappa shape index (κ1) is 25.2. The zero-order valence-corrected chi connectivity index (χ0v) is 20.2. The quantitative estimate of drug-likeness (QED) is 0.403. The normalized spacial score (nSPS) is 17.7. The molecule has 8 heteroatoms. The summed E-state index contributed by atoms with van der Waals surface area (Å²) in [6.45, 7) is 2.84. The van der Waals surface area contributed by atoms with Crippen molar-refractivity contribution in [1.29, 1.82) is 0 Å². The molecule has 8 nitrogen and oxygen atoms in total. The van der Waals surface area contributed by atoms with Crippen LogP contribution in [0.4, 0.5) is 0 Å².